The molecule has 0 radical (unpaired) electrons. The first-order valence-corrected chi connectivity index (χ1v) is 7.90. The maximum atomic E-state index is 12.2. The SMILES string of the molecule is CC(C)CC(=O)N1CCC(NC(=O)c2cccc(N)c2)CC1. The molecule has 0 atom stereocenters. The number of rotatable bonds is 4. The predicted molar refractivity (Wildman–Crippen MR) is 87.4 cm³/mol. The van der Waals surface area contributed by atoms with Crippen molar-refractivity contribution in [1.82, 2.24) is 10.2 Å². The Morgan fingerprint density at radius 2 is 2.00 bits per heavy atom. The van der Waals surface area contributed by atoms with Gasteiger partial charge in [0.2, 0.25) is 5.91 Å². The first-order chi connectivity index (χ1) is 10.5. The molecule has 22 heavy (non-hydrogen) atoms. The second-order valence-electron chi connectivity index (χ2n) is 6.35. The van der Waals surface area contributed by atoms with Crippen LogP contribution in [0.2, 0.25) is 0 Å². The maximum absolute atomic E-state index is 12.2. The lowest BCUT2D eigenvalue weighted by molar-refractivity contribution is -0.133. The molecule has 2 amide bonds. The summed E-state index contributed by atoms with van der Waals surface area (Å²) in [6.45, 7) is 5.54. The van der Waals surface area contributed by atoms with Gasteiger partial charge in [-0.1, -0.05) is 19.9 Å². The van der Waals surface area contributed by atoms with Crippen LogP contribution in [0.1, 0.15) is 43.5 Å². The third-order valence-electron chi connectivity index (χ3n) is 3.91. The highest BCUT2D eigenvalue weighted by atomic mass is 16.2. The molecule has 1 fully saturated rings. The fraction of sp³-hybridized carbons (Fsp3) is 0.529. The summed E-state index contributed by atoms with van der Waals surface area (Å²) in [5.74, 6) is 0.503. The third kappa shape index (κ3) is 4.48. The summed E-state index contributed by atoms with van der Waals surface area (Å²) in [7, 11) is 0. The summed E-state index contributed by atoms with van der Waals surface area (Å²) in [6.07, 6.45) is 2.20. The molecule has 0 aromatic heterocycles. The van der Waals surface area contributed by atoms with Crippen LogP contribution in [0.15, 0.2) is 24.3 Å². The number of anilines is 1. The summed E-state index contributed by atoms with van der Waals surface area (Å²) in [4.78, 5) is 26.1. The van der Waals surface area contributed by atoms with Crippen molar-refractivity contribution in [2.45, 2.75) is 39.2 Å². The first-order valence-electron chi connectivity index (χ1n) is 7.90. The molecule has 5 nitrogen and oxygen atoms in total. The van der Waals surface area contributed by atoms with Crippen LogP contribution in [0, 0.1) is 5.92 Å². The van der Waals surface area contributed by atoms with E-state index in [2.05, 4.69) is 19.2 Å². The average molecular weight is 303 g/mol. The Balaban J connectivity index is 1.82. The maximum Gasteiger partial charge on any atom is 0.251 e. The number of amides is 2. The van der Waals surface area contributed by atoms with Crippen molar-refractivity contribution >= 4 is 17.5 Å². The lowest BCUT2D eigenvalue weighted by Crippen LogP contribution is -2.46. The molecule has 1 saturated heterocycles. The van der Waals surface area contributed by atoms with E-state index in [1.165, 1.54) is 0 Å². The van der Waals surface area contributed by atoms with Gasteiger partial charge in [0.15, 0.2) is 0 Å². The van der Waals surface area contributed by atoms with Crippen LogP contribution in [0.25, 0.3) is 0 Å². The minimum absolute atomic E-state index is 0.0979. The van der Waals surface area contributed by atoms with Crippen LogP contribution >= 0.6 is 0 Å². The number of piperidine rings is 1. The zero-order chi connectivity index (χ0) is 16.1. The van der Waals surface area contributed by atoms with Crippen molar-refractivity contribution in [2.24, 2.45) is 5.92 Å². The van der Waals surface area contributed by atoms with E-state index in [9.17, 15) is 9.59 Å². The van der Waals surface area contributed by atoms with Crippen molar-refractivity contribution in [3.63, 3.8) is 0 Å². The van der Waals surface area contributed by atoms with Gasteiger partial charge >= 0.3 is 0 Å². The van der Waals surface area contributed by atoms with Gasteiger partial charge < -0.3 is 16.0 Å². The zero-order valence-electron chi connectivity index (χ0n) is 13.3. The highest BCUT2D eigenvalue weighted by Gasteiger charge is 2.24. The highest BCUT2D eigenvalue weighted by molar-refractivity contribution is 5.95. The van der Waals surface area contributed by atoms with Crippen molar-refractivity contribution in [1.29, 1.82) is 0 Å². The van der Waals surface area contributed by atoms with Crippen LogP contribution in [0.5, 0.6) is 0 Å². The molecular formula is C17H25N3O2. The van der Waals surface area contributed by atoms with Gasteiger partial charge in [-0.25, -0.2) is 0 Å². The second-order valence-corrected chi connectivity index (χ2v) is 6.35. The van der Waals surface area contributed by atoms with Gasteiger partial charge in [0.25, 0.3) is 5.91 Å². The topological polar surface area (TPSA) is 75.4 Å². The molecule has 0 bridgehead atoms. The highest BCUT2D eigenvalue weighted by Crippen LogP contribution is 2.14. The summed E-state index contributed by atoms with van der Waals surface area (Å²) in [5.41, 5.74) is 6.86. The summed E-state index contributed by atoms with van der Waals surface area (Å²) in [5, 5.41) is 3.03. The minimum atomic E-state index is -0.0979. The van der Waals surface area contributed by atoms with Crippen LogP contribution in [0.4, 0.5) is 5.69 Å². The third-order valence-corrected chi connectivity index (χ3v) is 3.91. The van der Waals surface area contributed by atoms with Crippen molar-refractivity contribution < 1.29 is 9.59 Å². The molecule has 0 aliphatic carbocycles. The van der Waals surface area contributed by atoms with Gasteiger partial charge in [0.05, 0.1) is 0 Å². The fourth-order valence-corrected chi connectivity index (χ4v) is 2.70. The van der Waals surface area contributed by atoms with Crippen molar-refractivity contribution in [3.8, 4) is 0 Å². The van der Waals surface area contributed by atoms with Gasteiger partial charge in [0.1, 0.15) is 0 Å². The van der Waals surface area contributed by atoms with Crippen LogP contribution in [0.3, 0.4) is 0 Å². The van der Waals surface area contributed by atoms with E-state index < -0.39 is 0 Å². The zero-order valence-corrected chi connectivity index (χ0v) is 13.3. The van der Waals surface area contributed by atoms with E-state index in [0.29, 0.717) is 36.7 Å². The molecule has 120 valence electrons. The van der Waals surface area contributed by atoms with Gasteiger partial charge in [-0.2, -0.15) is 0 Å². The summed E-state index contributed by atoms with van der Waals surface area (Å²) < 4.78 is 0. The van der Waals surface area contributed by atoms with E-state index in [1.807, 2.05) is 4.90 Å². The molecule has 0 unspecified atom stereocenters. The normalized spacial score (nSPS) is 15.9. The standard InChI is InChI=1S/C17H25N3O2/c1-12(2)10-16(21)20-8-6-15(7-9-20)19-17(22)13-4-3-5-14(18)11-13/h3-5,11-12,15H,6-10,18H2,1-2H3,(H,19,22). The average Bonchev–Trinajstić information content (AvgIpc) is 2.47. The molecule has 1 aromatic rings. The van der Waals surface area contributed by atoms with Crippen molar-refractivity contribution in [2.75, 3.05) is 18.8 Å². The number of hydrogen-bond acceptors (Lipinski definition) is 3. The van der Waals surface area contributed by atoms with E-state index in [-0.39, 0.29) is 17.9 Å². The molecule has 3 N–H and O–H groups in total. The monoisotopic (exact) mass is 303 g/mol. The second kappa shape index (κ2) is 7.29. The molecule has 1 heterocycles. The largest absolute Gasteiger partial charge is 0.399 e. The molecule has 1 aromatic carbocycles. The number of benzene rings is 1. The number of nitrogens with zero attached hydrogens (tertiary/aromatic N) is 1. The number of nitrogens with two attached hydrogens (primary N) is 1. The van der Waals surface area contributed by atoms with Crippen LogP contribution < -0.4 is 11.1 Å². The lowest BCUT2D eigenvalue weighted by atomic mass is 10.0. The minimum Gasteiger partial charge on any atom is -0.399 e. The van der Waals surface area contributed by atoms with Gasteiger partial charge in [-0.15, -0.1) is 0 Å². The number of likely N-dealkylation sites (tertiary alicyclic amines) is 1. The van der Waals surface area contributed by atoms with Crippen LogP contribution in [-0.4, -0.2) is 35.8 Å². The van der Waals surface area contributed by atoms with E-state index in [4.69, 9.17) is 5.73 Å². The summed E-state index contributed by atoms with van der Waals surface area (Å²) in [6, 6.07) is 7.09. The molecule has 0 saturated carbocycles. The first kappa shape index (κ1) is 16.3. The van der Waals surface area contributed by atoms with E-state index in [1.54, 1.807) is 24.3 Å². The molecule has 1 aliphatic heterocycles. The fourth-order valence-electron chi connectivity index (χ4n) is 2.70. The quantitative estimate of drug-likeness (QED) is 0.836. The van der Waals surface area contributed by atoms with E-state index in [0.717, 1.165) is 12.8 Å². The summed E-state index contributed by atoms with van der Waals surface area (Å²) >= 11 is 0. The Hall–Kier alpha value is -2.04. The molecular weight excluding hydrogens is 278 g/mol. The van der Waals surface area contributed by atoms with Gasteiger partial charge in [-0.05, 0) is 37.0 Å². The Kier molecular flexibility index (Phi) is 5.41. The Bertz CT molecular complexity index is 534. The number of nitrogen functional groups attached to an aromatic ring is 1. The smallest absolute Gasteiger partial charge is 0.251 e. The molecule has 1 aliphatic rings. The molecule has 5 heteroatoms. The Morgan fingerprint density at radius 3 is 2.59 bits per heavy atom. The van der Waals surface area contributed by atoms with Crippen molar-refractivity contribution in [3.05, 3.63) is 29.8 Å². The van der Waals surface area contributed by atoms with Gasteiger partial charge in [-0.3, -0.25) is 9.59 Å². The number of carbonyl (C=O) groups excluding carboxylic acids is 2. The number of hydrogen-bond donors (Lipinski definition) is 2. The van der Waals surface area contributed by atoms with Gasteiger partial charge in [0, 0.05) is 36.8 Å². The predicted octanol–water partition coefficient (Wildman–Crippen LogP) is 2.04. The number of carbonyl (C=O) groups is 2. The molecule has 2 rings (SSSR count). The molecule has 0 spiro atoms. The lowest BCUT2D eigenvalue weighted by Gasteiger charge is -2.32. The van der Waals surface area contributed by atoms with E-state index >= 15 is 0 Å². The Labute approximate surface area is 131 Å². The Morgan fingerprint density at radius 1 is 1.32 bits per heavy atom. The van der Waals surface area contributed by atoms with Crippen LogP contribution in [-0.2, 0) is 4.79 Å². The number of nitrogens with one attached hydrogen (secondary N) is 1.